The SMILES string of the molecule is CCn1c(SCC(=O)NN=Cc2cc(OC)c(OC)cc2OC)nc2ccccc21. The van der Waals surface area contributed by atoms with Gasteiger partial charge in [0.25, 0.3) is 5.91 Å². The number of para-hydroxylation sites is 2. The highest BCUT2D eigenvalue weighted by Gasteiger charge is 2.12. The molecule has 0 spiro atoms. The topological polar surface area (TPSA) is 87.0 Å². The van der Waals surface area contributed by atoms with Crippen molar-refractivity contribution in [1.29, 1.82) is 0 Å². The van der Waals surface area contributed by atoms with E-state index >= 15 is 0 Å². The highest BCUT2D eigenvalue weighted by atomic mass is 32.2. The van der Waals surface area contributed by atoms with Crippen LogP contribution in [-0.2, 0) is 11.3 Å². The Morgan fingerprint density at radius 1 is 1.13 bits per heavy atom. The minimum Gasteiger partial charge on any atom is -0.496 e. The average Bonchev–Trinajstić information content (AvgIpc) is 3.14. The van der Waals surface area contributed by atoms with Gasteiger partial charge in [-0.25, -0.2) is 10.4 Å². The summed E-state index contributed by atoms with van der Waals surface area (Å²) in [5.41, 5.74) is 5.16. The first-order valence-electron chi connectivity index (χ1n) is 9.31. The molecule has 0 saturated carbocycles. The molecular formula is C21H24N4O4S. The molecular weight excluding hydrogens is 404 g/mol. The van der Waals surface area contributed by atoms with Gasteiger partial charge < -0.3 is 18.8 Å². The number of carbonyl (C=O) groups is 1. The van der Waals surface area contributed by atoms with Crippen LogP contribution >= 0.6 is 11.8 Å². The zero-order chi connectivity index (χ0) is 21.5. The zero-order valence-corrected chi connectivity index (χ0v) is 18.2. The van der Waals surface area contributed by atoms with Crippen molar-refractivity contribution in [2.75, 3.05) is 27.1 Å². The molecule has 0 radical (unpaired) electrons. The Morgan fingerprint density at radius 3 is 2.53 bits per heavy atom. The van der Waals surface area contributed by atoms with Crippen molar-refractivity contribution in [2.45, 2.75) is 18.6 Å². The van der Waals surface area contributed by atoms with E-state index in [4.69, 9.17) is 14.2 Å². The highest BCUT2D eigenvalue weighted by molar-refractivity contribution is 7.99. The van der Waals surface area contributed by atoms with Crippen LogP contribution in [0.25, 0.3) is 11.0 Å². The van der Waals surface area contributed by atoms with Gasteiger partial charge in [0, 0.05) is 18.2 Å². The number of fused-ring (bicyclic) bond motifs is 1. The van der Waals surface area contributed by atoms with E-state index in [-0.39, 0.29) is 11.7 Å². The van der Waals surface area contributed by atoms with Crippen LogP contribution in [0.2, 0.25) is 0 Å². The Balaban J connectivity index is 1.64. The smallest absolute Gasteiger partial charge is 0.250 e. The van der Waals surface area contributed by atoms with Gasteiger partial charge in [-0.1, -0.05) is 23.9 Å². The molecule has 0 aliphatic rings. The van der Waals surface area contributed by atoms with E-state index in [1.165, 1.54) is 18.0 Å². The molecule has 0 unspecified atom stereocenters. The second kappa shape index (κ2) is 10.0. The number of amides is 1. The predicted molar refractivity (Wildman–Crippen MR) is 118 cm³/mol. The highest BCUT2D eigenvalue weighted by Crippen LogP contribution is 2.33. The quantitative estimate of drug-likeness (QED) is 0.320. The number of aryl methyl sites for hydroxylation is 1. The van der Waals surface area contributed by atoms with Gasteiger partial charge in [0.05, 0.1) is 44.3 Å². The Labute approximate surface area is 179 Å². The number of rotatable bonds is 9. The van der Waals surface area contributed by atoms with Gasteiger partial charge in [0.2, 0.25) is 0 Å². The van der Waals surface area contributed by atoms with Crippen LogP contribution in [0.1, 0.15) is 12.5 Å². The van der Waals surface area contributed by atoms with Crippen molar-refractivity contribution in [2.24, 2.45) is 5.10 Å². The molecule has 3 rings (SSSR count). The molecule has 158 valence electrons. The van der Waals surface area contributed by atoms with Crippen LogP contribution in [0, 0.1) is 0 Å². The van der Waals surface area contributed by atoms with E-state index in [9.17, 15) is 4.79 Å². The molecule has 0 atom stereocenters. The Hall–Kier alpha value is -3.20. The molecule has 8 nitrogen and oxygen atoms in total. The number of nitrogens with zero attached hydrogens (tertiary/aromatic N) is 3. The minimum absolute atomic E-state index is 0.198. The third-order valence-corrected chi connectivity index (χ3v) is 5.37. The molecule has 2 aromatic carbocycles. The van der Waals surface area contributed by atoms with Crippen molar-refractivity contribution < 1.29 is 19.0 Å². The van der Waals surface area contributed by atoms with Gasteiger partial charge in [0.1, 0.15) is 5.75 Å². The predicted octanol–water partition coefficient (Wildman–Crippen LogP) is 3.32. The number of benzene rings is 2. The number of aromatic nitrogens is 2. The van der Waals surface area contributed by atoms with Gasteiger partial charge in [-0.05, 0) is 25.1 Å². The largest absolute Gasteiger partial charge is 0.496 e. The maximum Gasteiger partial charge on any atom is 0.250 e. The first-order chi connectivity index (χ1) is 14.6. The molecule has 9 heteroatoms. The summed E-state index contributed by atoms with van der Waals surface area (Å²) in [7, 11) is 4.65. The number of nitrogens with one attached hydrogen (secondary N) is 1. The monoisotopic (exact) mass is 428 g/mol. The Kier molecular flexibility index (Phi) is 7.18. The number of thioether (sulfide) groups is 1. The summed E-state index contributed by atoms with van der Waals surface area (Å²) in [6, 6.07) is 11.4. The Bertz CT molecular complexity index is 1060. The summed E-state index contributed by atoms with van der Waals surface area (Å²) in [5.74, 6) is 1.61. The zero-order valence-electron chi connectivity index (χ0n) is 17.3. The standard InChI is InChI=1S/C21H24N4O4S/c1-5-25-16-9-7-6-8-15(16)23-21(25)30-13-20(26)24-22-12-14-10-18(28-3)19(29-4)11-17(14)27-2/h6-12H,5,13H2,1-4H3,(H,24,26). The molecule has 0 saturated heterocycles. The summed E-state index contributed by atoms with van der Waals surface area (Å²) in [4.78, 5) is 16.8. The molecule has 0 fully saturated rings. The fourth-order valence-corrected chi connectivity index (χ4v) is 3.83. The van der Waals surface area contributed by atoms with E-state index in [2.05, 4.69) is 27.0 Å². The molecule has 1 heterocycles. The summed E-state index contributed by atoms with van der Waals surface area (Å²) < 4.78 is 18.0. The van der Waals surface area contributed by atoms with Crippen molar-refractivity contribution in [3.05, 3.63) is 42.0 Å². The number of ether oxygens (including phenoxy) is 3. The number of hydrogen-bond donors (Lipinski definition) is 1. The van der Waals surface area contributed by atoms with Gasteiger partial charge in [-0.2, -0.15) is 5.10 Å². The molecule has 0 aliphatic carbocycles. The van der Waals surface area contributed by atoms with Gasteiger partial charge >= 0.3 is 0 Å². The van der Waals surface area contributed by atoms with E-state index in [1.54, 1.807) is 33.5 Å². The van der Waals surface area contributed by atoms with Crippen molar-refractivity contribution >= 4 is 34.9 Å². The van der Waals surface area contributed by atoms with E-state index in [1.807, 2.05) is 24.3 Å². The van der Waals surface area contributed by atoms with Crippen LogP contribution in [-0.4, -0.2) is 48.8 Å². The first-order valence-corrected chi connectivity index (χ1v) is 10.3. The lowest BCUT2D eigenvalue weighted by atomic mass is 10.2. The van der Waals surface area contributed by atoms with Gasteiger partial charge in [-0.15, -0.1) is 0 Å². The second-order valence-electron chi connectivity index (χ2n) is 6.16. The van der Waals surface area contributed by atoms with Crippen molar-refractivity contribution in [3.63, 3.8) is 0 Å². The summed E-state index contributed by atoms with van der Waals surface area (Å²) in [6.45, 7) is 2.83. The molecule has 0 bridgehead atoms. The lowest BCUT2D eigenvalue weighted by Gasteiger charge is -2.11. The fourth-order valence-electron chi connectivity index (χ4n) is 2.96. The van der Waals surface area contributed by atoms with Gasteiger partial charge in [-0.3, -0.25) is 4.79 Å². The summed E-state index contributed by atoms with van der Waals surface area (Å²) in [5, 5.41) is 4.84. The van der Waals surface area contributed by atoms with Gasteiger partial charge in [0.15, 0.2) is 16.7 Å². The lowest BCUT2D eigenvalue weighted by molar-refractivity contribution is -0.118. The van der Waals surface area contributed by atoms with Crippen molar-refractivity contribution in [3.8, 4) is 17.2 Å². The van der Waals surface area contributed by atoms with Crippen LogP contribution in [0.4, 0.5) is 0 Å². The average molecular weight is 429 g/mol. The Morgan fingerprint density at radius 2 is 1.83 bits per heavy atom. The van der Waals surface area contributed by atoms with Crippen LogP contribution in [0.15, 0.2) is 46.7 Å². The number of imidazole rings is 1. The normalized spacial score (nSPS) is 11.1. The number of hydrogen-bond acceptors (Lipinski definition) is 7. The molecule has 1 N–H and O–H groups in total. The molecule has 3 aromatic rings. The number of methoxy groups -OCH3 is 3. The maximum atomic E-state index is 12.2. The third-order valence-electron chi connectivity index (χ3n) is 4.40. The maximum absolute atomic E-state index is 12.2. The first kappa shape index (κ1) is 21.5. The van der Waals surface area contributed by atoms with E-state index in [0.717, 1.165) is 22.7 Å². The molecule has 30 heavy (non-hydrogen) atoms. The minimum atomic E-state index is -0.231. The van der Waals surface area contributed by atoms with Crippen LogP contribution in [0.5, 0.6) is 17.2 Å². The molecule has 1 amide bonds. The molecule has 1 aromatic heterocycles. The number of hydrazone groups is 1. The lowest BCUT2D eigenvalue weighted by Crippen LogP contribution is -2.20. The summed E-state index contributed by atoms with van der Waals surface area (Å²) in [6.07, 6.45) is 1.50. The number of carbonyl (C=O) groups excluding carboxylic acids is 1. The summed E-state index contributed by atoms with van der Waals surface area (Å²) >= 11 is 1.38. The van der Waals surface area contributed by atoms with Crippen LogP contribution in [0.3, 0.4) is 0 Å². The molecule has 0 aliphatic heterocycles. The second-order valence-corrected chi connectivity index (χ2v) is 7.10. The third kappa shape index (κ3) is 4.68. The van der Waals surface area contributed by atoms with Crippen LogP contribution < -0.4 is 19.6 Å². The van der Waals surface area contributed by atoms with E-state index in [0.29, 0.717) is 22.8 Å². The fraction of sp³-hybridized carbons (Fsp3) is 0.286. The van der Waals surface area contributed by atoms with Crippen molar-refractivity contribution in [1.82, 2.24) is 15.0 Å². The van der Waals surface area contributed by atoms with E-state index < -0.39 is 0 Å².